The Kier molecular flexibility index (Phi) is 3.52. The zero-order valence-electron chi connectivity index (χ0n) is 9.33. The molecule has 0 aromatic rings. The molecule has 0 spiro atoms. The first-order valence-electron chi connectivity index (χ1n) is 5.30. The molecule has 0 aliphatic carbocycles. The van der Waals surface area contributed by atoms with Crippen LogP contribution in [0.1, 0.15) is 6.92 Å². The van der Waals surface area contributed by atoms with Crippen LogP contribution in [-0.2, 0) is 4.74 Å². The van der Waals surface area contributed by atoms with Crippen molar-refractivity contribution in [2.24, 2.45) is 16.6 Å². The number of hydrogen-bond acceptors (Lipinski definition) is 6. The molecule has 5 nitrogen and oxygen atoms in total. The number of aliphatic hydroxyl groups is 2. The average molecular weight is 286 g/mol. The molecule has 6 atom stereocenters. The minimum atomic E-state index is -4.51. The van der Waals surface area contributed by atoms with Crippen molar-refractivity contribution in [3.63, 3.8) is 0 Å². The van der Waals surface area contributed by atoms with E-state index < -0.39 is 41.9 Å². The number of hydrogen-bond donors (Lipinski definition) is 3. The Morgan fingerprint density at radius 3 is 2.56 bits per heavy atom. The third kappa shape index (κ3) is 2.31. The van der Waals surface area contributed by atoms with Gasteiger partial charge < -0.3 is 20.7 Å². The van der Waals surface area contributed by atoms with Crippen LogP contribution in [0.15, 0.2) is 4.99 Å². The van der Waals surface area contributed by atoms with Gasteiger partial charge in [-0.1, -0.05) is 18.7 Å². The minimum absolute atomic E-state index is 0.136. The van der Waals surface area contributed by atoms with Gasteiger partial charge in [-0.25, -0.2) is 0 Å². The lowest BCUT2D eigenvalue weighted by Crippen LogP contribution is -2.58. The van der Waals surface area contributed by atoms with E-state index in [2.05, 4.69) is 4.99 Å². The van der Waals surface area contributed by atoms with Crippen LogP contribution in [0.5, 0.6) is 0 Å². The van der Waals surface area contributed by atoms with Gasteiger partial charge in [-0.15, -0.1) is 0 Å². The maximum Gasteiger partial charge on any atom is 0.394 e. The highest BCUT2D eigenvalue weighted by Crippen LogP contribution is 2.40. The van der Waals surface area contributed by atoms with Crippen LogP contribution in [0.3, 0.4) is 0 Å². The van der Waals surface area contributed by atoms with E-state index in [1.807, 2.05) is 0 Å². The van der Waals surface area contributed by atoms with E-state index in [4.69, 9.17) is 10.5 Å². The van der Waals surface area contributed by atoms with Crippen molar-refractivity contribution in [3.8, 4) is 0 Å². The molecule has 2 rings (SSSR count). The number of nitrogens with two attached hydrogens (primary N) is 1. The molecule has 0 amide bonds. The molecule has 0 aromatic heterocycles. The smallest absolute Gasteiger partial charge is 0.388 e. The summed E-state index contributed by atoms with van der Waals surface area (Å²) < 4.78 is 43.1. The van der Waals surface area contributed by atoms with Crippen molar-refractivity contribution in [3.05, 3.63) is 0 Å². The van der Waals surface area contributed by atoms with Crippen LogP contribution in [-0.4, -0.2) is 51.3 Å². The molecule has 2 aliphatic heterocycles. The van der Waals surface area contributed by atoms with E-state index in [9.17, 15) is 23.4 Å². The van der Waals surface area contributed by atoms with E-state index in [-0.39, 0.29) is 5.17 Å². The molecule has 0 saturated carbocycles. The van der Waals surface area contributed by atoms with Crippen molar-refractivity contribution in [2.75, 3.05) is 0 Å². The third-order valence-corrected chi connectivity index (χ3v) is 4.10. The maximum atomic E-state index is 12.6. The fraction of sp³-hybridized carbons (Fsp3) is 0.889. The first-order valence-corrected chi connectivity index (χ1v) is 6.18. The predicted octanol–water partition coefficient (Wildman–Crippen LogP) is 0.0616. The second kappa shape index (κ2) is 4.55. The molecule has 1 saturated heterocycles. The van der Waals surface area contributed by atoms with Gasteiger partial charge in [0.25, 0.3) is 0 Å². The number of halogens is 3. The first kappa shape index (κ1) is 13.9. The summed E-state index contributed by atoms with van der Waals surface area (Å²) in [6.45, 7) is 0.908. The van der Waals surface area contributed by atoms with Crippen LogP contribution in [0, 0.1) is 5.92 Å². The lowest BCUT2D eigenvalue weighted by molar-refractivity contribution is -0.244. The summed E-state index contributed by atoms with van der Waals surface area (Å²) >= 11 is 0.954. The van der Waals surface area contributed by atoms with Gasteiger partial charge in [0.2, 0.25) is 0 Å². The normalized spacial score (nSPS) is 42.3. The van der Waals surface area contributed by atoms with Gasteiger partial charge in [0.15, 0.2) is 5.17 Å². The van der Waals surface area contributed by atoms with Gasteiger partial charge in [0, 0.05) is 0 Å². The molecule has 4 N–H and O–H groups in total. The standard InChI is InChI=1S/C9H13F3N2O3S/c1-2(9(10,11)12)6-5(16)4(15)3-7(17-6)18-8(13)14-3/h2-7,15-16H,1H3,(H2,13,14)/t2?,3-,4-,5+,6-,7-/m1/s1. The fourth-order valence-electron chi connectivity index (χ4n) is 2.00. The van der Waals surface area contributed by atoms with Crippen LogP contribution in [0.4, 0.5) is 13.2 Å². The van der Waals surface area contributed by atoms with Crippen molar-refractivity contribution in [2.45, 2.75) is 42.9 Å². The maximum absolute atomic E-state index is 12.6. The number of aliphatic hydroxyl groups excluding tert-OH is 2. The summed E-state index contributed by atoms with van der Waals surface area (Å²) in [5.74, 6) is -1.88. The summed E-state index contributed by atoms with van der Waals surface area (Å²) in [5.41, 5.74) is 4.65. The number of nitrogens with zero attached hydrogens (tertiary/aromatic N) is 1. The number of fused-ring (bicyclic) bond motifs is 1. The van der Waals surface area contributed by atoms with Crippen LogP contribution in [0.25, 0.3) is 0 Å². The Labute approximate surface area is 105 Å². The molecule has 1 fully saturated rings. The Morgan fingerprint density at radius 1 is 1.39 bits per heavy atom. The highest BCUT2D eigenvalue weighted by Gasteiger charge is 2.54. The number of alkyl halides is 3. The van der Waals surface area contributed by atoms with Crippen molar-refractivity contribution in [1.82, 2.24) is 0 Å². The zero-order chi connectivity index (χ0) is 13.7. The average Bonchev–Trinajstić information content (AvgIpc) is 2.62. The largest absolute Gasteiger partial charge is 0.394 e. The minimum Gasteiger partial charge on any atom is -0.388 e. The Bertz CT molecular complexity index is 365. The van der Waals surface area contributed by atoms with E-state index >= 15 is 0 Å². The van der Waals surface area contributed by atoms with E-state index in [1.165, 1.54) is 0 Å². The summed E-state index contributed by atoms with van der Waals surface area (Å²) in [6.07, 6.45) is -9.08. The number of aliphatic imine (C=N–C) groups is 1. The lowest BCUT2D eigenvalue weighted by atomic mass is 9.90. The molecule has 18 heavy (non-hydrogen) atoms. The van der Waals surface area contributed by atoms with Crippen LogP contribution in [0.2, 0.25) is 0 Å². The second-order valence-corrected chi connectivity index (χ2v) is 5.47. The Balaban J connectivity index is 2.17. The molecule has 1 unspecified atom stereocenters. The number of rotatable bonds is 1. The van der Waals surface area contributed by atoms with Gasteiger partial charge in [0.05, 0.1) is 12.0 Å². The van der Waals surface area contributed by atoms with Crippen LogP contribution >= 0.6 is 11.8 Å². The number of thioether (sulfide) groups is 1. The van der Waals surface area contributed by atoms with Crippen molar-refractivity contribution >= 4 is 16.9 Å². The van der Waals surface area contributed by atoms with Gasteiger partial charge in [-0.2, -0.15) is 13.2 Å². The molecular weight excluding hydrogens is 273 g/mol. The molecule has 9 heteroatoms. The highest BCUT2D eigenvalue weighted by molar-refractivity contribution is 8.14. The summed E-state index contributed by atoms with van der Waals surface area (Å²) in [7, 11) is 0. The predicted molar refractivity (Wildman–Crippen MR) is 58.9 cm³/mol. The summed E-state index contributed by atoms with van der Waals surface area (Å²) in [5, 5.41) is 19.6. The Hall–Kier alpha value is -0.510. The van der Waals surface area contributed by atoms with Crippen LogP contribution < -0.4 is 5.73 Å². The monoisotopic (exact) mass is 286 g/mol. The molecule has 0 bridgehead atoms. The Morgan fingerprint density at radius 2 is 2.00 bits per heavy atom. The number of amidine groups is 1. The SMILES string of the molecule is CC([C@H]1O[C@@H]2SC(N)=N[C@@H]2[C@@H](O)[C@@H]1O)C(F)(F)F. The van der Waals surface area contributed by atoms with Gasteiger partial charge in [-0.3, -0.25) is 4.99 Å². The van der Waals surface area contributed by atoms with Crippen molar-refractivity contribution < 1.29 is 28.1 Å². The summed E-state index contributed by atoms with van der Waals surface area (Å²) in [6, 6.07) is -0.818. The van der Waals surface area contributed by atoms with Gasteiger partial charge in [0.1, 0.15) is 23.7 Å². The second-order valence-electron chi connectivity index (χ2n) is 4.36. The molecule has 104 valence electrons. The highest BCUT2D eigenvalue weighted by atomic mass is 32.2. The van der Waals surface area contributed by atoms with E-state index in [1.54, 1.807) is 0 Å². The quantitative estimate of drug-likeness (QED) is 0.634. The van der Waals surface area contributed by atoms with Gasteiger partial charge in [-0.05, 0) is 0 Å². The summed E-state index contributed by atoms with van der Waals surface area (Å²) in [4.78, 5) is 3.84. The molecule has 2 aliphatic rings. The topological polar surface area (TPSA) is 88.1 Å². The van der Waals surface area contributed by atoms with Gasteiger partial charge >= 0.3 is 6.18 Å². The van der Waals surface area contributed by atoms with Crippen molar-refractivity contribution in [1.29, 1.82) is 0 Å². The molecular formula is C9H13F3N2O3S. The zero-order valence-corrected chi connectivity index (χ0v) is 10.1. The number of ether oxygens (including phenoxy) is 1. The first-order chi connectivity index (χ1) is 8.21. The molecule has 0 aromatic carbocycles. The fourth-order valence-corrected chi connectivity index (χ4v) is 2.97. The molecule has 2 heterocycles. The lowest BCUT2D eigenvalue weighted by Gasteiger charge is -2.41. The van der Waals surface area contributed by atoms with E-state index in [0.717, 1.165) is 18.7 Å². The third-order valence-electron chi connectivity index (χ3n) is 3.13. The van der Waals surface area contributed by atoms with E-state index in [0.29, 0.717) is 0 Å². The molecule has 0 radical (unpaired) electrons.